The van der Waals surface area contributed by atoms with Crippen molar-refractivity contribution in [2.24, 2.45) is 11.8 Å². The molecular formula is C15H25N3O3. The number of rotatable bonds is 5. The lowest BCUT2D eigenvalue weighted by Gasteiger charge is -2.39. The molecule has 3 unspecified atom stereocenters. The van der Waals surface area contributed by atoms with Gasteiger partial charge in [0.05, 0.1) is 6.42 Å². The zero-order chi connectivity index (χ0) is 15.0. The zero-order valence-electron chi connectivity index (χ0n) is 12.9. The third kappa shape index (κ3) is 3.06. The van der Waals surface area contributed by atoms with Crippen LogP contribution in [0.25, 0.3) is 0 Å². The normalized spacial score (nSPS) is 31.1. The predicted octanol–water partition coefficient (Wildman–Crippen LogP) is 0.733. The molecule has 2 aliphatic heterocycles. The summed E-state index contributed by atoms with van der Waals surface area (Å²) in [5.41, 5.74) is 0. The molecule has 1 N–H and O–H groups in total. The number of amides is 2. The molecule has 6 nitrogen and oxygen atoms in total. The van der Waals surface area contributed by atoms with E-state index in [1.165, 1.54) is 12.8 Å². The molecule has 1 saturated carbocycles. The molecule has 6 heteroatoms. The van der Waals surface area contributed by atoms with E-state index in [2.05, 4.69) is 5.32 Å². The third-order valence-corrected chi connectivity index (χ3v) is 4.79. The van der Waals surface area contributed by atoms with Gasteiger partial charge in [0, 0.05) is 19.6 Å². The minimum Gasteiger partial charge on any atom is -0.354 e. The van der Waals surface area contributed by atoms with Gasteiger partial charge in [0.25, 0.3) is 0 Å². The Hall–Kier alpha value is -1.14. The Kier molecular flexibility index (Phi) is 4.17. The first-order valence-electron chi connectivity index (χ1n) is 8.10. The number of nitrogens with zero attached hydrogens (tertiary/aromatic N) is 2. The molecule has 3 atom stereocenters. The summed E-state index contributed by atoms with van der Waals surface area (Å²) >= 11 is 0. The van der Waals surface area contributed by atoms with E-state index in [1.807, 2.05) is 16.9 Å². The van der Waals surface area contributed by atoms with E-state index in [-0.39, 0.29) is 18.0 Å². The summed E-state index contributed by atoms with van der Waals surface area (Å²) in [6.07, 6.45) is 3.33. The SMILES string of the molecule is CCNC(=O)C(C)OC1CC(=O)N2CC(C3CC3)CCN12. The molecule has 21 heavy (non-hydrogen) atoms. The minimum absolute atomic E-state index is 0.115. The van der Waals surface area contributed by atoms with Crippen LogP contribution in [0.2, 0.25) is 0 Å². The van der Waals surface area contributed by atoms with E-state index >= 15 is 0 Å². The van der Waals surface area contributed by atoms with Gasteiger partial charge in [-0.2, -0.15) is 5.01 Å². The van der Waals surface area contributed by atoms with Crippen LogP contribution in [-0.4, -0.2) is 53.8 Å². The fourth-order valence-corrected chi connectivity index (χ4v) is 3.43. The van der Waals surface area contributed by atoms with Gasteiger partial charge in [-0.15, -0.1) is 0 Å². The molecular weight excluding hydrogens is 270 g/mol. The fourth-order valence-electron chi connectivity index (χ4n) is 3.43. The Morgan fingerprint density at radius 3 is 2.81 bits per heavy atom. The number of hydrogen-bond donors (Lipinski definition) is 1. The van der Waals surface area contributed by atoms with Crippen molar-refractivity contribution in [1.82, 2.24) is 15.3 Å². The molecule has 3 fully saturated rings. The molecule has 0 aromatic heterocycles. The lowest BCUT2D eigenvalue weighted by Crippen LogP contribution is -2.52. The highest BCUT2D eigenvalue weighted by Gasteiger charge is 2.45. The van der Waals surface area contributed by atoms with Crippen LogP contribution >= 0.6 is 0 Å². The number of carbonyl (C=O) groups excluding carboxylic acids is 2. The van der Waals surface area contributed by atoms with Crippen molar-refractivity contribution in [3.05, 3.63) is 0 Å². The standard InChI is InChI=1S/C15H25N3O3/c1-3-16-15(20)10(2)21-14-8-13(19)18-9-12(11-4-5-11)6-7-17(14)18/h10-12,14H,3-9H2,1-2H3,(H,16,20). The summed E-state index contributed by atoms with van der Waals surface area (Å²) < 4.78 is 5.83. The Labute approximate surface area is 125 Å². The van der Waals surface area contributed by atoms with Gasteiger partial charge in [-0.1, -0.05) is 0 Å². The van der Waals surface area contributed by atoms with Gasteiger partial charge in [-0.3, -0.25) is 14.6 Å². The van der Waals surface area contributed by atoms with Crippen LogP contribution in [0, 0.1) is 11.8 Å². The average Bonchev–Trinajstić information content (AvgIpc) is 3.26. The average molecular weight is 295 g/mol. The molecule has 2 saturated heterocycles. The molecule has 0 radical (unpaired) electrons. The van der Waals surface area contributed by atoms with E-state index in [0.29, 0.717) is 18.9 Å². The Bertz CT molecular complexity index is 424. The number of carbonyl (C=O) groups is 2. The first-order valence-corrected chi connectivity index (χ1v) is 8.10. The van der Waals surface area contributed by atoms with Gasteiger partial charge in [-0.25, -0.2) is 0 Å². The highest BCUT2D eigenvalue weighted by atomic mass is 16.5. The molecule has 3 aliphatic rings. The van der Waals surface area contributed by atoms with Crippen molar-refractivity contribution in [1.29, 1.82) is 0 Å². The number of hydrogen-bond acceptors (Lipinski definition) is 4. The summed E-state index contributed by atoms with van der Waals surface area (Å²) in [4.78, 5) is 24.0. The van der Waals surface area contributed by atoms with E-state index < -0.39 is 6.10 Å². The lowest BCUT2D eigenvalue weighted by molar-refractivity contribution is -0.174. The van der Waals surface area contributed by atoms with Crippen molar-refractivity contribution >= 4 is 11.8 Å². The van der Waals surface area contributed by atoms with Crippen LogP contribution < -0.4 is 5.32 Å². The maximum Gasteiger partial charge on any atom is 0.248 e. The molecule has 2 amide bonds. The largest absolute Gasteiger partial charge is 0.354 e. The van der Waals surface area contributed by atoms with Gasteiger partial charge in [0.1, 0.15) is 12.3 Å². The Balaban J connectivity index is 1.58. The Morgan fingerprint density at radius 1 is 1.38 bits per heavy atom. The second-order valence-corrected chi connectivity index (χ2v) is 6.36. The van der Waals surface area contributed by atoms with Crippen LogP contribution in [-0.2, 0) is 14.3 Å². The number of nitrogens with one attached hydrogen (secondary N) is 1. The number of ether oxygens (including phenoxy) is 1. The fraction of sp³-hybridized carbons (Fsp3) is 0.867. The van der Waals surface area contributed by atoms with Crippen molar-refractivity contribution < 1.29 is 14.3 Å². The summed E-state index contributed by atoms with van der Waals surface area (Å²) in [5.74, 6) is 1.50. The summed E-state index contributed by atoms with van der Waals surface area (Å²) in [7, 11) is 0. The Morgan fingerprint density at radius 2 is 2.14 bits per heavy atom. The molecule has 0 spiro atoms. The van der Waals surface area contributed by atoms with Gasteiger partial charge < -0.3 is 10.1 Å². The molecule has 1 aliphatic carbocycles. The van der Waals surface area contributed by atoms with Crippen LogP contribution in [0.5, 0.6) is 0 Å². The monoisotopic (exact) mass is 295 g/mol. The number of hydrazine groups is 1. The first kappa shape index (κ1) is 14.8. The highest BCUT2D eigenvalue weighted by Crippen LogP contribution is 2.42. The van der Waals surface area contributed by atoms with Crippen LogP contribution in [0.4, 0.5) is 0 Å². The molecule has 3 rings (SSSR count). The van der Waals surface area contributed by atoms with E-state index in [9.17, 15) is 9.59 Å². The second-order valence-electron chi connectivity index (χ2n) is 6.36. The van der Waals surface area contributed by atoms with Gasteiger partial charge in [0.15, 0.2) is 0 Å². The third-order valence-electron chi connectivity index (χ3n) is 4.79. The zero-order valence-corrected chi connectivity index (χ0v) is 12.9. The molecule has 2 heterocycles. The number of fused-ring (bicyclic) bond motifs is 1. The first-order chi connectivity index (χ1) is 10.1. The van der Waals surface area contributed by atoms with Gasteiger partial charge >= 0.3 is 0 Å². The van der Waals surface area contributed by atoms with E-state index in [4.69, 9.17) is 4.74 Å². The van der Waals surface area contributed by atoms with E-state index in [0.717, 1.165) is 25.4 Å². The van der Waals surface area contributed by atoms with Crippen molar-refractivity contribution in [3.8, 4) is 0 Å². The predicted molar refractivity (Wildman–Crippen MR) is 76.9 cm³/mol. The van der Waals surface area contributed by atoms with Crippen LogP contribution in [0.1, 0.15) is 39.5 Å². The quantitative estimate of drug-likeness (QED) is 0.812. The van der Waals surface area contributed by atoms with Crippen molar-refractivity contribution in [3.63, 3.8) is 0 Å². The number of likely N-dealkylation sites (N-methyl/N-ethyl adjacent to an activating group) is 1. The molecule has 0 aromatic carbocycles. The van der Waals surface area contributed by atoms with Crippen molar-refractivity contribution in [2.75, 3.05) is 19.6 Å². The lowest BCUT2D eigenvalue weighted by atomic mass is 9.98. The summed E-state index contributed by atoms with van der Waals surface area (Å²) in [5, 5.41) is 6.64. The van der Waals surface area contributed by atoms with E-state index in [1.54, 1.807) is 6.92 Å². The maximum atomic E-state index is 12.2. The topological polar surface area (TPSA) is 61.9 Å². The van der Waals surface area contributed by atoms with Gasteiger partial charge in [-0.05, 0) is 44.9 Å². The smallest absolute Gasteiger partial charge is 0.248 e. The summed E-state index contributed by atoms with van der Waals surface area (Å²) in [6.45, 7) is 5.91. The van der Waals surface area contributed by atoms with Crippen molar-refractivity contribution in [2.45, 2.75) is 51.9 Å². The molecule has 118 valence electrons. The van der Waals surface area contributed by atoms with Crippen LogP contribution in [0.3, 0.4) is 0 Å². The second kappa shape index (κ2) is 5.93. The molecule has 0 bridgehead atoms. The minimum atomic E-state index is -0.524. The van der Waals surface area contributed by atoms with Crippen LogP contribution in [0.15, 0.2) is 0 Å². The highest BCUT2D eigenvalue weighted by molar-refractivity contribution is 5.81. The summed E-state index contributed by atoms with van der Waals surface area (Å²) in [6, 6.07) is 0. The van der Waals surface area contributed by atoms with Gasteiger partial charge in [0.2, 0.25) is 11.8 Å². The maximum absolute atomic E-state index is 12.2. The molecule has 0 aromatic rings.